The maximum atomic E-state index is 12.6. The summed E-state index contributed by atoms with van der Waals surface area (Å²) in [6.45, 7) is 2.97. The molecule has 1 amide bonds. The number of hydrogen-bond donors (Lipinski definition) is 1. The number of aryl methyl sites for hydroxylation is 1. The summed E-state index contributed by atoms with van der Waals surface area (Å²) in [6.07, 6.45) is 1.08. The standard InChI is InChI=1S/C21H23N3O4/c1-27-19-5-3-2-4-17(19)23-10-12-24(13-11-23)20(25)9-7-15-6-8-18-16(14-15)22-21(26)28-18/h2-6,8,14H,7,9-13H2,1H3,(H,22,26). The Morgan fingerprint density at radius 1 is 1.14 bits per heavy atom. The Bertz CT molecular complexity index is 1030. The number of anilines is 1. The van der Waals surface area contributed by atoms with Gasteiger partial charge in [0.25, 0.3) is 0 Å². The third kappa shape index (κ3) is 3.74. The number of oxazole rings is 1. The largest absolute Gasteiger partial charge is 0.495 e. The lowest BCUT2D eigenvalue weighted by atomic mass is 10.1. The van der Waals surface area contributed by atoms with Crippen molar-refractivity contribution in [3.63, 3.8) is 0 Å². The average molecular weight is 381 g/mol. The first-order valence-corrected chi connectivity index (χ1v) is 9.41. The van der Waals surface area contributed by atoms with E-state index in [9.17, 15) is 9.59 Å². The third-order valence-corrected chi connectivity index (χ3v) is 5.17. The van der Waals surface area contributed by atoms with Gasteiger partial charge in [-0.3, -0.25) is 9.78 Å². The summed E-state index contributed by atoms with van der Waals surface area (Å²) in [6, 6.07) is 13.5. The second kappa shape index (κ2) is 7.80. The topological polar surface area (TPSA) is 78.8 Å². The van der Waals surface area contributed by atoms with Crippen molar-refractivity contribution in [3.05, 3.63) is 58.6 Å². The summed E-state index contributed by atoms with van der Waals surface area (Å²) in [7, 11) is 1.68. The lowest BCUT2D eigenvalue weighted by molar-refractivity contribution is -0.131. The van der Waals surface area contributed by atoms with Gasteiger partial charge in [-0.05, 0) is 36.2 Å². The molecule has 0 saturated carbocycles. The monoisotopic (exact) mass is 381 g/mol. The second-order valence-electron chi connectivity index (χ2n) is 6.88. The Morgan fingerprint density at radius 3 is 2.71 bits per heavy atom. The molecule has 1 N–H and O–H groups in total. The molecule has 0 aliphatic carbocycles. The van der Waals surface area contributed by atoms with Crippen molar-refractivity contribution in [2.24, 2.45) is 0 Å². The summed E-state index contributed by atoms with van der Waals surface area (Å²) in [5, 5.41) is 0. The highest BCUT2D eigenvalue weighted by atomic mass is 16.5. The van der Waals surface area contributed by atoms with E-state index in [0.29, 0.717) is 37.0 Å². The summed E-state index contributed by atoms with van der Waals surface area (Å²) in [5.74, 6) is 0.548. The van der Waals surface area contributed by atoms with Gasteiger partial charge in [0, 0.05) is 32.6 Å². The number of amides is 1. The molecule has 1 saturated heterocycles. The molecule has 1 aromatic heterocycles. The molecule has 2 heterocycles. The highest BCUT2D eigenvalue weighted by molar-refractivity contribution is 5.77. The zero-order valence-electron chi connectivity index (χ0n) is 15.8. The zero-order chi connectivity index (χ0) is 19.5. The number of H-pyrrole nitrogens is 1. The smallest absolute Gasteiger partial charge is 0.417 e. The Morgan fingerprint density at radius 2 is 1.93 bits per heavy atom. The number of nitrogens with zero attached hydrogens (tertiary/aromatic N) is 2. The number of aromatic nitrogens is 1. The molecule has 0 unspecified atom stereocenters. The van der Waals surface area contributed by atoms with E-state index in [0.717, 1.165) is 30.1 Å². The maximum Gasteiger partial charge on any atom is 0.417 e. The van der Waals surface area contributed by atoms with Crippen molar-refractivity contribution in [3.8, 4) is 5.75 Å². The number of para-hydroxylation sites is 2. The molecule has 28 heavy (non-hydrogen) atoms. The van der Waals surface area contributed by atoms with Gasteiger partial charge in [0.1, 0.15) is 5.75 Å². The molecule has 0 radical (unpaired) electrons. The van der Waals surface area contributed by atoms with E-state index in [2.05, 4.69) is 9.88 Å². The van der Waals surface area contributed by atoms with Crippen molar-refractivity contribution in [1.82, 2.24) is 9.88 Å². The quantitative estimate of drug-likeness (QED) is 0.734. The van der Waals surface area contributed by atoms with Gasteiger partial charge in [0.05, 0.1) is 18.3 Å². The van der Waals surface area contributed by atoms with Crippen LogP contribution in [-0.4, -0.2) is 49.1 Å². The number of methoxy groups -OCH3 is 1. The first kappa shape index (κ1) is 18.2. The van der Waals surface area contributed by atoms with Crippen molar-refractivity contribution in [2.75, 3.05) is 38.2 Å². The van der Waals surface area contributed by atoms with Crippen LogP contribution in [0, 0.1) is 0 Å². The molecule has 1 aliphatic rings. The molecule has 1 fully saturated rings. The normalized spacial score (nSPS) is 14.5. The molecular weight excluding hydrogens is 358 g/mol. The van der Waals surface area contributed by atoms with Crippen molar-refractivity contribution in [1.29, 1.82) is 0 Å². The second-order valence-corrected chi connectivity index (χ2v) is 6.88. The first-order valence-electron chi connectivity index (χ1n) is 9.41. The van der Waals surface area contributed by atoms with E-state index >= 15 is 0 Å². The minimum Gasteiger partial charge on any atom is -0.495 e. The molecular formula is C21H23N3O4. The zero-order valence-corrected chi connectivity index (χ0v) is 15.8. The Hall–Kier alpha value is -3.22. The Balaban J connectivity index is 1.33. The number of fused-ring (bicyclic) bond motifs is 1. The van der Waals surface area contributed by atoms with Crippen LogP contribution in [0.15, 0.2) is 51.7 Å². The van der Waals surface area contributed by atoms with Crippen LogP contribution in [0.5, 0.6) is 5.75 Å². The number of hydrogen-bond acceptors (Lipinski definition) is 5. The van der Waals surface area contributed by atoms with Crippen LogP contribution in [0.3, 0.4) is 0 Å². The Labute approximate surface area is 162 Å². The predicted molar refractivity (Wildman–Crippen MR) is 107 cm³/mol. The van der Waals surface area contributed by atoms with Crippen LogP contribution in [0.4, 0.5) is 5.69 Å². The van der Waals surface area contributed by atoms with Gasteiger partial charge in [-0.15, -0.1) is 0 Å². The molecule has 7 heteroatoms. The first-order chi connectivity index (χ1) is 13.6. The van der Waals surface area contributed by atoms with E-state index < -0.39 is 5.76 Å². The van der Waals surface area contributed by atoms with Crippen molar-refractivity contribution >= 4 is 22.7 Å². The number of rotatable bonds is 5. The van der Waals surface area contributed by atoms with Crippen LogP contribution >= 0.6 is 0 Å². The molecule has 4 rings (SSSR count). The van der Waals surface area contributed by atoms with Gasteiger partial charge in [-0.25, -0.2) is 4.79 Å². The summed E-state index contributed by atoms with van der Waals surface area (Å²) < 4.78 is 10.4. The van der Waals surface area contributed by atoms with E-state index in [1.807, 2.05) is 41.3 Å². The molecule has 146 valence electrons. The maximum absolute atomic E-state index is 12.6. The number of aromatic amines is 1. The minimum absolute atomic E-state index is 0.153. The number of ether oxygens (including phenoxy) is 1. The molecule has 2 aromatic carbocycles. The molecule has 1 aliphatic heterocycles. The summed E-state index contributed by atoms with van der Waals surface area (Å²) in [5.41, 5.74) is 3.28. The molecule has 0 bridgehead atoms. The van der Waals surface area contributed by atoms with Crippen LogP contribution in [-0.2, 0) is 11.2 Å². The SMILES string of the molecule is COc1ccccc1N1CCN(C(=O)CCc2ccc3oc(=O)[nH]c3c2)CC1. The number of benzene rings is 2. The lowest BCUT2D eigenvalue weighted by Crippen LogP contribution is -2.48. The van der Waals surface area contributed by atoms with Gasteiger partial charge >= 0.3 is 5.76 Å². The fourth-order valence-electron chi connectivity index (χ4n) is 3.65. The summed E-state index contributed by atoms with van der Waals surface area (Å²) >= 11 is 0. The van der Waals surface area contributed by atoms with Gasteiger partial charge in [0.15, 0.2) is 5.58 Å². The van der Waals surface area contributed by atoms with Crippen molar-refractivity contribution < 1.29 is 13.9 Å². The third-order valence-electron chi connectivity index (χ3n) is 5.17. The molecule has 0 spiro atoms. The lowest BCUT2D eigenvalue weighted by Gasteiger charge is -2.36. The fraction of sp³-hybridized carbons (Fsp3) is 0.333. The van der Waals surface area contributed by atoms with Gasteiger partial charge < -0.3 is 19.0 Å². The minimum atomic E-state index is -0.462. The predicted octanol–water partition coefficient (Wildman–Crippen LogP) is 2.41. The van der Waals surface area contributed by atoms with Crippen LogP contribution in [0.2, 0.25) is 0 Å². The van der Waals surface area contributed by atoms with E-state index in [1.165, 1.54) is 0 Å². The number of piperazine rings is 1. The van der Waals surface area contributed by atoms with Gasteiger partial charge in [-0.2, -0.15) is 0 Å². The Kier molecular flexibility index (Phi) is 5.06. The van der Waals surface area contributed by atoms with Gasteiger partial charge in [-0.1, -0.05) is 18.2 Å². The molecule has 0 atom stereocenters. The fourth-order valence-corrected chi connectivity index (χ4v) is 3.65. The molecule has 7 nitrogen and oxygen atoms in total. The number of carbonyl (C=O) groups excluding carboxylic acids is 1. The van der Waals surface area contributed by atoms with Gasteiger partial charge in [0.2, 0.25) is 5.91 Å². The van der Waals surface area contributed by atoms with Crippen molar-refractivity contribution in [2.45, 2.75) is 12.8 Å². The van der Waals surface area contributed by atoms with E-state index in [-0.39, 0.29) is 5.91 Å². The van der Waals surface area contributed by atoms with E-state index in [1.54, 1.807) is 13.2 Å². The highest BCUT2D eigenvalue weighted by Crippen LogP contribution is 2.28. The highest BCUT2D eigenvalue weighted by Gasteiger charge is 2.22. The number of carbonyl (C=O) groups is 1. The van der Waals surface area contributed by atoms with E-state index in [4.69, 9.17) is 9.15 Å². The number of nitrogens with one attached hydrogen (secondary N) is 1. The molecule has 3 aromatic rings. The average Bonchev–Trinajstić information content (AvgIpc) is 3.11. The van der Waals surface area contributed by atoms with Crippen LogP contribution < -0.4 is 15.4 Å². The van der Waals surface area contributed by atoms with Crippen LogP contribution in [0.1, 0.15) is 12.0 Å². The van der Waals surface area contributed by atoms with Crippen LogP contribution in [0.25, 0.3) is 11.1 Å². The summed E-state index contributed by atoms with van der Waals surface area (Å²) in [4.78, 5) is 30.7.